The number of hydrogen-bond acceptors (Lipinski definition) is 4. The Balaban J connectivity index is -0.000000288. The average Bonchev–Trinajstić information content (AvgIpc) is 2.57. The summed E-state index contributed by atoms with van der Waals surface area (Å²) in [4.78, 5) is 26.6. The molecular formula is C18H29ClO4. The summed E-state index contributed by atoms with van der Waals surface area (Å²) in [5, 5.41) is 0. The minimum absolute atomic E-state index is 0.242. The van der Waals surface area contributed by atoms with Crippen LogP contribution in [0.1, 0.15) is 52.5 Å². The summed E-state index contributed by atoms with van der Waals surface area (Å²) in [7, 11) is 0. The van der Waals surface area contributed by atoms with Gasteiger partial charge in [0, 0.05) is 13.3 Å². The molecule has 1 rings (SSSR count). The lowest BCUT2D eigenvalue weighted by Gasteiger charge is -2.02. The zero-order chi connectivity index (χ0) is 18.5. The Bertz CT molecular complexity index is 387. The summed E-state index contributed by atoms with van der Waals surface area (Å²) in [6, 6.07) is 9.60. The molecule has 0 aromatic heterocycles. The van der Waals surface area contributed by atoms with Crippen LogP contribution in [0.15, 0.2) is 30.3 Å². The van der Waals surface area contributed by atoms with Crippen LogP contribution in [0.25, 0.3) is 0 Å². The smallest absolute Gasteiger partial charge is 0.373 e. The van der Waals surface area contributed by atoms with Crippen LogP contribution in [0.4, 0.5) is 0 Å². The first-order chi connectivity index (χ1) is 11.0. The lowest BCUT2D eigenvalue weighted by molar-refractivity contribution is -0.191. The van der Waals surface area contributed by atoms with Crippen LogP contribution < -0.4 is 0 Å². The maximum atomic E-state index is 10.4. The lowest BCUT2D eigenvalue weighted by atomic mass is 10.0. The second kappa shape index (κ2) is 22.6. The summed E-state index contributed by atoms with van der Waals surface area (Å²) in [6.07, 6.45) is 5.80. The van der Waals surface area contributed by atoms with Crippen molar-refractivity contribution in [2.24, 2.45) is 5.92 Å². The lowest BCUT2D eigenvalue weighted by Crippen LogP contribution is -1.97. The predicted octanol–water partition coefficient (Wildman–Crippen LogP) is 4.85. The zero-order valence-electron chi connectivity index (χ0n) is 14.8. The molecule has 0 amide bonds. The third-order valence-corrected chi connectivity index (χ3v) is 2.76. The highest BCUT2D eigenvalue weighted by Crippen LogP contribution is 2.07. The predicted molar refractivity (Wildman–Crippen MR) is 93.1 cm³/mol. The molecule has 23 heavy (non-hydrogen) atoms. The maximum absolute atomic E-state index is 10.4. The van der Waals surface area contributed by atoms with Gasteiger partial charge in [0.15, 0.2) is 0 Å². The molecule has 1 unspecified atom stereocenters. The van der Waals surface area contributed by atoms with E-state index >= 15 is 0 Å². The van der Waals surface area contributed by atoms with Crippen molar-refractivity contribution in [3.63, 3.8) is 0 Å². The van der Waals surface area contributed by atoms with E-state index < -0.39 is 0 Å². The van der Waals surface area contributed by atoms with E-state index in [1.54, 1.807) is 0 Å². The number of carbonyl (C=O) groups excluding carboxylic acids is 3. The van der Waals surface area contributed by atoms with Crippen molar-refractivity contribution in [3.8, 4) is 0 Å². The first-order valence-electron chi connectivity index (χ1n) is 7.56. The van der Waals surface area contributed by atoms with Crippen LogP contribution in [0.5, 0.6) is 0 Å². The molecule has 0 fully saturated rings. The summed E-state index contributed by atoms with van der Waals surface area (Å²) < 4.78 is 4.79. The quantitative estimate of drug-likeness (QED) is 0.565. The molecule has 1 aromatic carbocycles. The Morgan fingerprint density at radius 2 is 1.65 bits per heavy atom. The van der Waals surface area contributed by atoms with E-state index in [2.05, 4.69) is 32.4 Å². The molecule has 0 aliphatic heterocycles. The van der Waals surface area contributed by atoms with Gasteiger partial charge in [0.1, 0.15) is 6.61 Å². The minimum atomic E-state index is -0.242. The highest BCUT2D eigenvalue weighted by atomic mass is 35.5. The van der Waals surface area contributed by atoms with Crippen molar-refractivity contribution >= 4 is 23.7 Å². The van der Waals surface area contributed by atoms with Crippen molar-refractivity contribution in [3.05, 3.63) is 35.9 Å². The number of ether oxygens (including phenoxy) is 1. The van der Waals surface area contributed by atoms with Gasteiger partial charge in [-0.3, -0.25) is 4.79 Å². The Hall–Kier alpha value is -1.64. The third-order valence-electron chi connectivity index (χ3n) is 2.76. The second-order valence-electron chi connectivity index (χ2n) is 4.65. The first-order valence-corrected chi connectivity index (χ1v) is 8.31. The van der Waals surface area contributed by atoms with Crippen molar-refractivity contribution < 1.29 is 19.1 Å². The van der Waals surface area contributed by atoms with Gasteiger partial charge in [-0.25, -0.2) is 0 Å². The fourth-order valence-corrected chi connectivity index (χ4v) is 1.46. The van der Waals surface area contributed by atoms with Gasteiger partial charge in [-0.1, -0.05) is 70.4 Å². The number of carbonyl (C=O) groups is 1. The monoisotopic (exact) mass is 344 g/mol. The topological polar surface area (TPSA) is 60.4 Å². The molecule has 0 aliphatic carbocycles. The maximum Gasteiger partial charge on any atom is 0.373 e. The zero-order valence-corrected chi connectivity index (χ0v) is 15.6. The van der Waals surface area contributed by atoms with Gasteiger partial charge >= 0.3 is 12.1 Å². The van der Waals surface area contributed by atoms with E-state index in [4.69, 9.17) is 14.3 Å². The van der Waals surface area contributed by atoms with Gasteiger partial charge in [-0.05, 0) is 11.5 Å². The van der Waals surface area contributed by atoms with Crippen LogP contribution in [0.2, 0.25) is 0 Å². The van der Waals surface area contributed by atoms with Gasteiger partial charge in [-0.2, -0.15) is 9.59 Å². The minimum Gasteiger partial charge on any atom is -0.461 e. The molecular weight excluding hydrogens is 316 g/mol. The van der Waals surface area contributed by atoms with Gasteiger partial charge in [-0.15, -0.1) is 11.6 Å². The highest BCUT2D eigenvalue weighted by Gasteiger charge is 1.93. The van der Waals surface area contributed by atoms with Crippen LogP contribution in [0, 0.1) is 5.92 Å². The Kier molecular flexibility index (Phi) is 25.9. The molecule has 132 valence electrons. The number of benzene rings is 1. The van der Waals surface area contributed by atoms with E-state index in [0.29, 0.717) is 6.61 Å². The summed E-state index contributed by atoms with van der Waals surface area (Å²) in [6.45, 7) is 8.58. The van der Waals surface area contributed by atoms with Crippen LogP contribution in [-0.2, 0) is 25.7 Å². The molecule has 0 saturated heterocycles. The van der Waals surface area contributed by atoms with Crippen LogP contribution in [0.3, 0.4) is 0 Å². The second-order valence-corrected chi connectivity index (χ2v) is 4.65. The molecule has 0 spiro atoms. The van der Waals surface area contributed by atoms with E-state index in [9.17, 15) is 4.79 Å². The first kappa shape index (κ1) is 26.3. The fraction of sp³-hybridized carbons (Fsp3) is 0.556. The molecule has 1 atom stereocenters. The standard InChI is InChI=1S/C9H10O2.C7H16.CH3Cl.CO2/c1-8(10)11-7-9-5-3-2-4-6-9;1-4-6-7(3)5-2;1-2;2-1-3/h2-6H,7H2,1H3;7H,4-6H2,1-3H3;1H3;. The summed E-state index contributed by atoms with van der Waals surface area (Å²) >= 11 is 4.64. The van der Waals surface area contributed by atoms with E-state index in [-0.39, 0.29) is 12.1 Å². The highest BCUT2D eigenvalue weighted by molar-refractivity contribution is 6.15. The van der Waals surface area contributed by atoms with E-state index in [1.807, 2.05) is 30.3 Å². The van der Waals surface area contributed by atoms with Crippen molar-refractivity contribution in [2.75, 3.05) is 6.38 Å². The van der Waals surface area contributed by atoms with Crippen molar-refractivity contribution in [2.45, 2.75) is 53.6 Å². The van der Waals surface area contributed by atoms with E-state index in [1.165, 1.54) is 32.6 Å². The largest absolute Gasteiger partial charge is 0.461 e. The number of rotatable bonds is 5. The third kappa shape index (κ3) is 25.6. The molecule has 1 aromatic rings. The molecule has 0 aliphatic rings. The van der Waals surface area contributed by atoms with Gasteiger partial charge in [0.05, 0.1) is 0 Å². The van der Waals surface area contributed by atoms with Gasteiger partial charge < -0.3 is 4.74 Å². The molecule has 0 heterocycles. The Labute approximate surface area is 145 Å². The Morgan fingerprint density at radius 3 is 1.96 bits per heavy atom. The number of alkyl halides is 1. The summed E-state index contributed by atoms with van der Waals surface area (Å²) in [5.41, 5.74) is 1.02. The van der Waals surface area contributed by atoms with Crippen LogP contribution in [-0.4, -0.2) is 18.5 Å². The molecule has 0 N–H and O–H groups in total. The van der Waals surface area contributed by atoms with Gasteiger partial charge in [0.2, 0.25) is 0 Å². The average molecular weight is 345 g/mol. The van der Waals surface area contributed by atoms with Crippen molar-refractivity contribution in [1.82, 2.24) is 0 Å². The fourth-order valence-electron chi connectivity index (χ4n) is 1.46. The molecule has 0 radical (unpaired) electrons. The molecule has 5 heteroatoms. The van der Waals surface area contributed by atoms with Crippen molar-refractivity contribution in [1.29, 1.82) is 0 Å². The molecule has 0 bridgehead atoms. The number of hydrogen-bond donors (Lipinski definition) is 0. The molecule has 0 saturated carbocycles. The normalized spacial score (nSPS) is 9.30. The molecule has 4 nitrogen and oxygen atoms in total. The van der Waals surface area contributed by atoms with Crippen LogP contribution >= 0.6 is 11.6 Å². The number of esters is 1. The summed E-state index contributed by atoms with van der Waals surface area (Å²) in [5.74, 6) is 0.707. The van der Waals surface area contributed by atoms with Gasteiger partial charge in [0.25, 0.3) is 0 Å². The Morgan fingerprint density at radius 1 is 1.17 bits per heavy atom. The number of halogens is 1. The van der Waals surface area contributed by atoms with E-state index in [0.717, 1.165) is 11.5 Å². The SMILES string of the molecule is CC(=O)OCc1ccccc1.CCCC(C)CC.CCl.O=C=O.